The first-order chi connectivity index (χ1) is 12.2. The zero-order valence-electron chi connectivity index (χ0n) is 15.5. The van der Waals surface area contributed by atoms with Crippen LogP contribution >= 0.6 is 12.2 Å². The predicted octanol–water partition coefficient (Wildman–Crippen LogP) is 2.97. The molecule has 1 fully saturated rings. The summed E-state index contributed by atoms with van der Waals surface area (Å²) in [5.74, 6) is -0.857. The molecular formula is C20H21N3O2S. The van der Waals surface area contributed by atoms with Gasteiger partial charge in [0.2, 0.25) is 0 Å². The van der Waals surface area contributed by atoms with Crippen molar-refractivity contribution < 1.29 is 9.59 Å². The Morgan fingerprint density at radius 2 is 1.62 bits per heavy atom. The summed E-state index contributed by atoms with van der Waals surface area (Å²) in [4.78, 5) is 25.9. The van der Waals surface area contributed by atoms with Crippen LogP contribution in [0.4, 0.5) is 0 Å². The smallest absolute Gasteiger partial charge is 0.265 e. The van der Waals surface area contributed by atoms with Gasteiger partial charge in [-0.25, -0.2) is 0 Å². The minimum Gasteiger partial charge on any atom is -0.318 e. The fourth-order valence-electron chi connectivity index (χ4n) is 3.31. The summed E-state index contributed by atoms with van der Waals surface area (Å²) < 4.78 is 2.13. The average molecular weight is 367 g/mol. The molecule has 1 aromatic heterocycles. The highest BCUT2D eigenvalue weighted by Gasteiger charge is 2.31. The zero-order valence-corrected chi connectivity index (χ0v) is 16.3. The van der Waals surface area contributed by atoms with Crippen molar-refractivity contribution in [3.05, 3.63) is 57.9 Å². The molecule has 2 amide bonds. The van der Waals surface area contributed by atoms with Crippen molar-refractivity contribution in [2.75, 3.05) is 7.05 Å². The molecule has 2 aromatic rings. The van der Waals surface area contributed by atoms with E-state index in [0.717, 1.165) is 22.6 Å². The standard InChI is InChI=1S/C20H21N3O2S/c1-11-6-12(2)8-16(7-11)23-13(3)9-15(14(23)4)10-17-18(24)21-20(26)22(5)19(17)25/h6-10H,1-5H3,(H,21,24,26)/b17-10+. The second-order valence-electron chi connectivity index (χ2n) is 6.69. The molecule has 134 valence electrons. The topological polar surface area (TPSA) is 54.3 Å². The van der Waals surface area contributed by atoms with Crippen molar-refractivity contribution in [1.82, 2.24) is 14.8 Å². The minimum absolute atomic E-state index is 0.0850. The van der Waals surface area contributed by atoms with E-state index in [1.54, 1.807) is 13.1 Å². The molecule has 1 aliphatic heterocycles. The maximum Gasteiger partial charge on any atom is 0.265 e. The SMILES string of the molecule is Cc1cc(C)cc(-n2c(C)cc(/C=C3\C(=O)NC(=S)N(C)C3=O)c2C)c1. The molecule has 6 heteroatoms. The van der Waals surface area contributed by atoms with Gasteiger partial charge in [-0.3, -0.25) is 19.8 Å². The fourth-order valence-corrected chi connectivity index (χ4v) is 3.49. The van der Waals surface area contributed by atoms with Crippen LogP contribution in [0.5, 0.6) is 0 Å². The summed E-state index contributed by atoms with van der Waals surface area (Å²) in [7, 11) is 1.55. The van der Waals surface area contributed by atoms with Gasteiger partial charge in [0.05, 0.1) is 0 Å². The molecular weight excluding hydrogens is 346 g/mol. The quantitative estimate of drug-likeness (QED) is 0.504. The van der Waals surface area contributed by atoms with E-state index >= 15 is 0 Å². The second-order valence-corrected chi connectivity index (χ2v) is 7.08. The summed E-state index contributed by atoms with van der Waals surface area (Å²) in [5.41, 5.74) is 6.36. The molecule has 1 N–H and O–H groups in total. The molecule has 2 heterocycles. The number of likely N-dealkylation sites (N-methyl/N-ethyl adjacent to an activating group) is 1. The third-order valence-corrected chi connectivity index (χ3v) is 4.92. The van der Waals surface area contributed by atoms with E-state index in [1.165, 1.54) is 16.0 Å². The number of aryl methyl sites for hydroxylation is 3. The van der Waals surface area contributed by atoms with E-state index in [2.05, 4.69) is 41.9 Å². The van der Waals surface area contributed by atoms with E-state index in [9.17, 15) is 9.59 Å². The number of carbonyl (C=O) groups is 2. The number of thiocarbonyl (C=S) groups is 1. The van der Waals surface area contributed by atoms with Crippen molar-refractivity contribution >= 4 is 35.2 Å². The Hall–Kier alpha value is -2.73. The summed E-state index contributed by atoms with van der Waals surface area (Å²) >= 11 is 4.98. The minimum atomic E-state index is -0.464. The molecule has 5 nitrogen and oxygen atoms in total. The molecule has 1 aliphatic rings. The third-order valence-electron chi connectivity index (χ3n) is 4.54. The van der Waals surface area contributed by atoms with Crippen LogP contribution in [0.25, 0.3) is 11.8 Å². The number of nitrogens with one attached hydrogen (secondary N) is 1. The van der Waals surface area contributed by atoms with Crippen LogP contribution in [-0.4, -0.2) is 33.4 Å². The Bertz CT molecular complexity index is 965. The number of aromatic nitrogens is 1. The molecule has 1 saturated heterocycles. The van der Waals surface area contributed by atoms with Crippen LogP contribution in [0.1, 0.15) is 28.1 Å². The van der Waals surface area contributed by atoms with E-state index in [-0.39, 0.29) is 10.7 Å². The summed E-state index contributed by atoms with van der Waals surface area (Å²) in [6.07, 6.45) is 1.64. The first-order valence-corrected chi connectivity index (χ1v) is 8.72. The van der Waals surface area contributed by atoms with Gasteiger partial charge < -0.3 is 4.57 Å². The largest absolute Gasteiger partial charge is 0.318 e. The van der Waals surface area contributed by atoms with Crippen molar-refractivity contribution in [2.24, 2.45) is 0 Å². The number of benzene rings is 1. The molecule has 3 rings (SSSR count). The molecule has 0 spiro atoms. The molecule has 0 unspecified atom stereocenters. The lowest BCUT2D eigenvalue weighted by Crippen LogP contribution is -2.52. The van der Waals surface area contributed by atoms with Crippen LogP contribution in [0.2, 0.25) is 0 Å². The van der Waals surface area contributed by atoms with Gasteiger partial charge >= 0.3 is 0 Å². The second kappa shape index (κ2) is 6.53. The lowest BCUT2D eigenvalue weighted by atomic mass is 10.1. The number of carbonyl (C=O) groups excluding carboxylic acids is 2. The molecule has 0 bridgehead atoms. The Labute approximate surface area is 158 Å². The molecule has 1 aromatic carbocycles. The van der Waals surface area contributed by atoms with Gasteiger partial charge in [-0.2, -0.15) is 0 Å². The maximum absolute atomic E-state index is 12.4. The number of amides is 2. The van der Waals surface area contributed by atoms with Gasteiger partial charge in [-0.15, -0.1) is 0 Å². The van der Waals surface area contributed by atoms with Crippen LogP contribution in [0.3, 0.4) is 0 Å². The summed E-state index contributed by atoms with van der Waals surface area (Å²) in [6, 6.07) is 8.35. The van der Waals surface area contributed by atoms with Crippen molar-refractivity contribution in [2.45, 2.75) is 27.7 Å². The number of rotatable bonds is 2. The van der Waals surface area contributed by atoms with Crippen molar-refractivity contribution in [3.63, 3.8) is 0 Å². The maximum atomic E-state index is 12.4. The van der Waals surface area contributed by atoms with Crippen molar-refractivity contribution in [1.29, 1.82) is 0 Å². The van der Waals surface area contributed by atoms with E-state index in [4.69, 9.17) is 12.2 Å². The number of hydrogen-bond donors (Lipinski definition) is 1. The van der Waals surface area contributed by atoms with Gasteiger partial charge in [0.15, 0.2) is 5.11 Å². The van der Waals surface area contributed by atoms with Gasteiger partial charge in [-0.05, 0) is 80.9 Å². The first-order valence-electron chi connectivity index (χ1n) is 8.31. The van der Waals surface area contributed by atoms with E-state index in [1.807, 2.05) is 19.9 Å². The normalized spacial score (nSPS) is 16.4. The lowest BCUT2D eigenvalue weighted by Gasteiger charge is -2.25. The highest BCUT2D eigenvalue weighted by atomic mass is 32.1. The molecule has 0 radical (unpaired) electrons. The van der Waals surface area contributed by atoms with Crippen LogP contribution in [-0.2, 0) is 9.59 Å². The number of hydrogen-bond acceptors (Lipinski definition) is 3. The molecule has 0 aliphatic carbocycles. The highest BCUT2D eigenvalue weighted by molar-refractivity contribution is 7.80. The number of nitrogens with zero attached hydrogens (tertiary/aromatic N) is 2. The third kappa shape index (κ3) is 3.08. The zero-order chi connectivity index (χ0) is 19.2. The monoisotopic (exact) mass is 367 g/mol. The van der Waals surface area contributed by atoms with Crippen molar-refractivity contribution in [3.8, 4) is 5.69 Å². The van der Waals surface area contributed by atoms with E-state index < -0.39 is 11.8 Å². The van der Waals surface area contributed by atoms with Crippen LogP contribution in [0, 0.1) is 27.7 Å². The Morgan fingerprint density at radius 3 is 2.23 bits per heavy atom. The molecule has 0 saturated carbocycles. The van der Waals surface area contributed by atoms with Crippen LogP contribution < -0.4 is 5.32 Å². The summed E-state index contributed by atoms with van der Waals surface area (Å²) in [6.45, 7) is 8.13. The van der Waals surface area contributed by atoms with Gasteiger partial charge in [0.1, 0.15) is 5.57 Å². The first kappa shape index (κ1) is 18.1. The lowest BCUT2D eigenvalue weighted by molar-refractivity contribution is -0.128. The molecule has 0 atom stereocenters. The van der Waals surface area contributed by atoms with Gasteiger partial charge in [-0.1, -0.05) is 6.07 Å². The predicted molar refractivity (Wildman–Crippen MR) is 106 cm³/mol. The Kier molecular flexibility index (Phi) is 4.54. The Morgan fingerprint density at radius 1 is 1.00 bits per heavy atom. The average Bonchev–Trinajstić information content (AvgIpc) is 2.82. The highest BCUT2D eigenvalue weighted by Crippen LogP contribution is 2.25. The van der Waals surface area contributed by atoms with E-state index in [0.29, 0.717) is 0 Å². The summed E-state index contributed by atoms with van der Waals surface area (Å²) in [5, 5.41) is 2.66. The van der Waals surface area contributed by atoms with Crippen LogP contribution in [0.15, 0.2) is 29.8 Å². The van der Waals surface area contributed by atoms with Gasteiger partial charge in [0.25, 0.3) is 11.8 Å². The Balaban J connectivity index is 2.10. The molecule has 26 heavy (non-hydrogen) atoms. The fraction of sp³-hybridized carbons (Fsp3) is 0.250. The van der Waals surface area contributed by atoms with Gasteiger partial charge in [0, 0.05) is 24.1 Å².